The van der Waals surface area contributed by atoms with Gasteiger partial charge >= 0.3 is 18.2 Å². The number of hydrogen-bond donors (Lipinski definition) is 0. The van der Waals surface area contributed by atoms with E-state index in [0.29, 0.717) is 11.4 Å². The van der Waals surface area contributed by atoms with Crippen LogP contribution in [0.25, 0.3) is 0 Å². The van der Waals surface area contributed by atoms with Gasteiger partial charge in [-0.2, -0.15) is 5.01 Å². The number of esters is 1. The van der Waals surface area contributed by atoms with Gasteiger partial charge in [-0.25, -0.2) is 14.4 Å². The van der Waals surface area contributed by atoms with Crippen molar-refractivity contribution in [2.24, 2.45) is 0 Å². The highest BCUT2D eigenvalue weighted by Crippen LogP contribution is 2.29. The van der Waals surface area contributed by atoms with Gasteiger partial charge in [-0.05, 0) is 18.9 Å². The maximum Gasteiger partial charge on any atom is 0.436 e. The number of nitrogens with zero attached hydrogens (tertiary/aromatic N) is 2. The van der Waals surface area contributed by atoms with Crippen molar-refractivity contribution in [3.8, 4) is 0 Å². The van der Waals surface area contributed by atoms with Crippen LogP contribution in [0, 0.1) is 0 Å². The van der Waals surface area contributed by atoms with Crippen molar-refractivity contribution in [1.29, 1.82) is 0 Å². The number of rotatable bonds is 5. The summed E-state index contributed by atoms with van der Waals surface area (Å²) in [5.74, 6) is -1.55. The second-order valence-electron chi connectivity index (χ2n) is 5.41. The minimum atomic E-state index is -1.33. The van der Waals surface area contributed by atoms with Crippen molar-refractivity contribution in [3.05, 3.63) is 47.5 Å². The van der Waals surface area contributed by atoms with E-state index in [4.69, 9.17) is 4.74 Å². The van der Waals surface area contributed by atoms with E-state index in [9.17, 15) is 19.2 Å². The average Bonchev–Trinajstić information content (AvgIpc) is 2.68. The molecule has 1 unspecified atom stereocenters. The minimum absolute atomic E-state index is 0.0590. The molecule has 0 N–H and O–H groups in total. The Morgan fingerprint density at radius 2 is 1.70 bits per heavy atom. The SMILES string of the molecule is CCOC(=O)/C(=C\Cc1ccccc1)C1C(=O)N(C(=O)OC)N1C(=O)OC. The lowest BCUT2D eigenvalue weighted by Gasteiger charge is -2.45. The summed E-state index contributed by atoms with van der Waals surface area (Å²) in [6.07, 6.45) is -0.222. The Balaban J connectivity index is 2.38. The number of ether oxygens (including phenoxy) is 3. The molecule has 9 nitrogen and oxygen atoms in total. The number of hydrogen-bond acceptors (Lipinski definition) is 7. The van der Waals surface area contributed by atoms with E-state index < -0.39 is 30.1 Å². The summed E-state index contributed by atoms with van der Waals surface area (Å²) >= 11 is 0. The van der Waals surface area contributed by atoms with Gasteiger partial charge in [-0.3, -0.25) is 4.79 Å². The zero-order valence-corrected chi connectivity index (χ0v) is 15.2. The quantitative estimate of drug-likeness (QED) is 0.438. The first-order valence-corrected chi connectivity index (χ1v) is 8.16. The fourth-order valence-electron chi connectivity index (χ4n) is 2.56. The van der Waals surface area contributed by atoms with Gasteiger partial charge in [0.05, 0.1) is 26.4 Å². The van der Waals surface area contributed by atoms with Gasteiger partial charge in [0.15, 0.2) is 6.04 Å². The molecule has 1 heterocycles. The molecule has 1 aromatic rings. The van der Waals surface area contributed by atoms with E-state index in [1.54, 1.807) is 6.92 Å². The van der Waals surface area contributed by atoms with Crippen LogP contribution in [0.2, 0.25) is 0 Å². The lowest BCUT2D eigenvalue weighted by atomic mass is 9.99. The average molecular weight is 376 g/mol. The molecular formula is C18H20N2O7. The standard InChI is InChI=1S/C18H20N2O7/c1-4-27-16(22)13(11-10-12-8-6-5-7-9-12)14-15(21)20(18(24)26-3)19(14)17(23)25-2/h5-9,11,14H,4,10H2,1-3H3/b13-11-. The monoisotopic (exact) mass is 376 g/mol. The summed E-state index contributed by atoms with van der Waals surface area (Å²) in [4.78, 5) is 48.7. The van der Waals surface area contributed by atoms with Crippen LogP contribution in [0.3, 0.4) is 0 Å². The first kappa shape index (κ1) is 20.0. The van der Waals surface area contributed by atoms with Gasteiger partial charge in [0.25, 0.3) is 5.91 Å². The van der Waals surface area contributed by atoms with Crippen LogP contribution in [0.4, 0.5) is 9.59 Å². The number of carbonyl (C=O) groups excluding carboxylic acids is 4. The van der Waals surface area contributed by atoms with Gasteiger partial charge in [0.1, 0.15) is 0 Å². The summed E-state index contributed by atoms with van der Waals surface area (Å²) in [6, 6.07) is 7.88. The molecule has 3 amide bonds. The lowest BCUT2D eigenvalue weighted by Crippen LogP contribution is -2.73. The van der Waals surface area contributed by atoms with Gasteiger partial charge in [-0.1, -0.05) is 36.4 Å². The smallest absolute Gasteiger partial charge is 0.436 e. The predicted molar refractivity (Wildman–Crippen MR) is 92.1 cm³/mol. The lowest BCUT2D eigenvalue weighted by molar-refractivity contribution is -0.175. The van der Waals surface area contributed by atoms with Crippen molar-refractivity contribution >= 4 is 24.1 Å². The summed E-state index contributed by atoms with van der Waals surface area (Å²) in [7, 11) is 2.16. The third-order valence-corrected chi connectivity index (χ3v) is 3.82. The van der Waals surface area contributed by atoms with E-state index in [1.807, 2.05) is 30.3 Å². The third-order valence-electron chi connectivity index (χ3n) is 3.82. The van der Waals surface area contributed by atoms with E-state index in [-0.39, 0.29) is 12.2 Å². The number of hydrazine groups is 1. The predicted octanol–water partition coefficient (Wildman–Crippen LogP) is 1.68. The Labute approximate surface area is 156 Å². The van der Waals surface area contributed by atoms with E-state index in [2.05, 4.69) is 9.47 Å². The topological polar surface area (TPSA) is 102 Å². The number of amides is 3. The van der Waals surface area contributed by atoms with E-state index >= 15 is 0 Å². The van der Waals surface area contributed by atoms with Crippen molar-refractivity contribution in [3.63, 3.8) is 0 Å². The van der Waals surface area contributed by atoms with Gasteiger partial charge in [0, 0.05) is 0 Å². The molecule has 2 rings (SSSR count). The number of imide groups is 1. The van der Waals surface area contributed by atoms with Crippen LogP contribution >= 0.6 is 0 Å². The molecule has 144 valence electrons. The van der Waals surface area contributed by atoms with Crippen molar-refractivity contribution in [2.45, 2.75) is 19.4 Å². The molecule has 1 aliphatic rings. The zero-order chi connectivity index (χ0) is 20.0. The molecule has 1 aromatic carbocycles. The van der Waals surface area contributed by atoms with Crippen LogP contribution in [0.15, 0.2) is 42.0 Å². The van der Waals surface area contributed by atoms with Crippen molar-refractivity contribution in [2.75, 3.05) is 20.8 Å². The highest BCUT2D eigenvalue weighted by atomic mass is 16.6. The Bertz CT molecular complexity index is 760. The molecule has 0 bridgehead atoms. The Morgan fingerprint density at radius 1 is 1.07 bits per heavy atom. The first-order chi connectivity index (χ1) is 13.0. The summed E-state index contributed by atoms with van der Waals surface area (Å²) in [6.45, 7) is 1.70. The maximum absolute atomic E-state index is 12.5. The van der Waals surface area contributed by atoms with E-state index in [1.165, 1.54) is 6.08 Å². The summed E-state index contributed by atoms with van der Waals surface area (Å²) < 4.78 is 14.1. The van der Waals surface area contributed by atoms with Crippen LogP contribution in [0.5, 0.6) is 0 Å². The Hall–Kier alpha value is -3.36. The van der Waals surface area contributed by atoms with Crippen LogP contribution in [-0.4, -0.2) is 60.9 Å². The second kappa shape index (κ2) is 8.84. The molecule has 27 heavy (non-hydrogen) atoms. The Kier molecular flexibility index (Phi) is 6.53. The summed E-state index contributed by atoms with van der Waals surface area (Å²) in [5.41, 5.74) is 0.830. The molecular weight excluding hydrogens is 356 g/mol. The third kappa shape index (κ3) is 4.08. The first-order valence-electron chi connectivity index (χ1n) is 8.16. The largest absolute Gasteiger partial charge is 0.463 e. The van der Waals surface area contributed by atoms with Gasteiger partial charge in [0.2, 0.25) is 0 Å². The molecule has 9 heteroatoms. The molecule has 0 saturated carbocycles. The van der Waals surface area contributed by atoms with Gasteiger partial charge < -0.3 is 14.2 Å². The van der Waals surface area contributed by atoms with Gasteiger partial charge in [-0.15, -0.1) is 5.01 Å². The fraction of sp³-hybridized carbons (Fsp3) is 0.333. The zero-order valence-electron chi connectivity index (χ0n) is 15.2. The molecule has 0 spiro atoms. The number of carbonyl (C=O) groups is 4. The van der Waals surface area contributed by atoms with E-state index in [0.717, 1.165) is 24.8 Å². The molecule has 1 aliphatic heterocycles. The second-order valence-corrected chi connectivity index (χ2v) is 5.41. The number of benzene rings is 1. The van der Waals surface area contributed by atoms with Crippen molar-refractivity contribution in [1.82, 2.24) is 10.0 Å². The van der Waals surface area contributed by atoms with Crippen molar-refractivity contribution < 1.29 is 33.4 Å². The molecule has 0 aromatic heterocycles. The Morgan fingerprint density at radius 3 is 2.26 bits per heavy atom. The van der Waals surface area contributed by atoms with Crippen LogP contribution < -0.4 is 0 Å². The number of methoxy groups -OCH3 is 2. The fourth-order valence-corrected chi connectivity index (χ4v) is 2.56. The highest BCUT2D eigenvalue weighted by molar-refractivity contribution is 6.10. The highest BCUT2D eigenvalue weighted by Gasteiger charge is 2.56. The molecule has 0 radical (unpaired) electrons. The summed E-state index contributed by atoms with van der Waals surface area (Å²) in [5, 5.41) is 1.20. The normalized spacial score (nSPS) is 16.5. The molecule has 1 atom stereocenters. The molecule has 1 saturated heterocycles. The molecule has 1 fully saturated rings. The maximum atomic E-state index is 12.5. The molecule has 0 aliphatic carbocycles. The van der Waals surface area contributed by atoms with Crippen LogP contribution in [-0.2, 0) is 30.2 Å². The minimum Gasteiger partial charge on any atom is -0.463 e. The van der Waals surface area contributed by atoms with Crippen LogP contribution in [0.1, 0.15) is 12.5 Å². The number of allylic oxidation sites excluding steroid dienone is 1.